The summed E-state index contributed by atoms with van der Waals surface area (Å²) >= 11 is 5.97. The molecule has 2 aliphatic rings. The van der Waals surface area contributed by atoms with Gasteiger partial charge < -0.3 is 10.2 Å². The molecule has 0 radical (unpaired) electrons. The van der Waals surface area contributed by atoms with E-state index in [0.29, 0.717) is 18.1 Å². The first-order valence-electron chi connectivity index (χ1n) is 8.15. The standard InChI is InChI=1S/C17H24ClFN2/c1-2-8-20-12-9-13-4-3-5-14(10-12)21(13)15-6-7-17(19)16(18)11-15/h6-7,11-14,20H,2-5,8-10H2,1H3. The molecule has 2 heterocycles. The average Bonchev–Trinajstić information content (AvgIpc) is 2.47. The molecule has 21 heavy (non-hydrogen) atoms. The summed E-state index contributed by atoms with van der Waals surface area (Å²) in [5.74, 6) is -0.329. The molecule has 3 rings (SSSR count). The molecule has 2 unspecified atom stereocenters. The van der Waals surface area contributed by atoms with E-state index in [1.165, 1.54) is 44.6 Å². The van der Waals surface area contributed by atoms with Crippen molar-refractivity contribution in [2.75, 3.05) is 11.4 Å². The molecule has 1 aromatic carbocycles. The molecule has 4 heteroatoms. The summed E-state index contributed by atoms with van der Waals surface area (Å²) in [5.41, 5.74) is 1.09. The second kappa shape index (κ2) is 6.53. The third kappa shape index (κ3) is 3.19. The largest absolute Gasteiger partial charge is 0.365 e. The summed E-state index contributed by atoms with van der Waals surface area (Å²) in [6, 6.07) is 6.93. The Morgan fingerprint density at radius 2 is 2.00 bits per heavy atom. The quantitative estimate of drug-likeness (QED) is 0.888. The molecule has 2 bridgehead atoms. The van der Waals surface area contributed by atoms with Gasteiger partial charge >= 0.3 is 0 Å². The zero-order chi connectivity index (χ0) is 14.8. The van der Waals surface area contributed by atoms with Crippen LogP contribution < -0.4 is 10.2 Å². The highest BCUT2D eigenvalue weighted by Crippen LogP contribution is 2.38. The highest BCUT2D eigenvalue weighted by atomic mass is 35.5. The minimum Gasteiger partial charge on any atom is -0.365 e. The molecule has 0 amide bonds. The van der Waals surface area contributed by atoms with Crippen LogP contribution in [0.15, 0.2) is 18.2 Å². The van der Waals surface area contributed by atoms with E-state index in [1.807, 2.05) is 6.07 Å². The minimum atomic E-state index is -0.329. The SMILES string of the molecule is CCCNC1CC2CCCC(C1)N2c1ccc(F)c(Cl)c1. The van der Waals surface area contributed by atoms with E-state index in [-0.39, 0.29) is 10.8 Å². The Kier molecular flexibility index (Phi) is 4.70. The fraction of sp³-hybridized carbons (Fsp3) is 0.647. The summed E-state index contributed by atoms with van der Waals surface area (Å²) in [7, 11) is 0. The van der Waals surface area contributed by atoms with Crippen LogP contribution in [0.3, 0.4) is 0 Å². The van der Waals surface area contributed by atoms with E-state index in [1.54, 1.807) is 6.07 Å². The van der Waals surface area contributed by atoms with Crippen molar-refractivity contribution in [3.05, 3.63) is 29.0 Å². The molecule has 2 saturated heterocycles. The van der Waals surface area contributed by atoms with Gasteiger partial charge in [0.15, 0.2) is 0 Å². The molecular weight excluding hydrogens is 287 g/mol. The van der Waals surface area contributed by atoms with Crippen molar-refractivity contribution in [2.45, 2.75) is 63.6 Å². The lowest BCUT2D eigenvalue weighted by Gasteiger charge is -2.50. The fourth-order valence-corrected chi connectivity index (χ4v) is 4.14. The van der Waals surface area contributed by atoms with Crippen LogP contribution in [-0.2, 0) is 0 Å². The predicted molar refractivity (Wildman–Crippen MR) is 86.6 cm³/mol. The fourth-order valence-electron chi connectivity index (χ4n) is 3.96. The van der Waals surface area contributed by atoms with Gasteiger partial charge in [-0.3, -0.25) is 0 Å². The van der Waals surface area contributed by atoms with Crippen molar-refractivity contribution in [3.8, 4) is 0 Å². The van der Waals surface area contributed by atoms with Gasteiger partial charge in [-0.15, -0.1) is 0 Å². The monoisotopic (exact) mass is 310 g/mol. The van der Waals surface area contributed by atoms with Crippen molar-refractivity contribution in [2.24, 2.45) is 0 Å². The Bertz CT molecular complexity index is 480. The molecule has 116 valence electrons. The lowest BCUT2D eigenvalue weighted by molar-refractivity contribution is 0.246. The van der Waals surface area contributed by atoms with E-state index >= 15 is 0 Å². The number of rotatable bonds is 4. The highest BCUT2D eigenvalue weighted by molar-refractivity contribution is 6.31. The molecule has 2 atom stereocenters. The van der Waals surface area contributed by atoms with Gasteiger partial charge in [-0.05, 0) is 63.3 Å². The molecule has 0 saturated carbocycles. The number of hydrogen-bond acceptors (Lipinski definition) is 2. The van der Waals surface area contributed by atoms with Crippen molar-refractivity contribution in [3.63, 3.8) is 0 Å². The van der Waals surface area contributed by atoms with Gasteiger partial charge in [-0.25, -0.2) is 4.39 Å². The molecule has 1 N–H and O–H groups in total. The maximum Gasteiger partial charge on any atom is 0.141 e. The Morgan fingerprint density at radius 1 is 1.29 bits per heavy atom. The minimum absolute atomic E-state index is 0.233. The highest BCUT2D eigenvalue weighted by Gasteiger charge is 2.38. The van der Waals surface area contributed by atoms with Crippen molar-refractivity contribution < 1.29 is 4.39 Å². The van der Waals surface area contributed by atoms with Crippen molar-refractivity contribution in [1.29, 1.82) is 0 Å². The zero-order valence-electron chi connectivity index (χ0n) is 12.6. The molecule has 2 nitrogen and oxygen atoms in total. The Labute approximate surface area is 131 Å². The lowest BCUT2D eigenvalue weighted by Crippen LogP contribution is -2.56. The molecule has 0 aliphatic carbocycles. The molecule has 0 spiro atoms. The topological polar surface area (TPSA) is 15.3 Å². The van der Waals surface area contributed by atoms with Crippen LogP contribution in [0.2, 0.25) is 5.02 Å². The average molecular weight is 311 g/mol. The van der Waals surface area contributed by atoms with Gasteiger partial charge in [0, 0.05) is 23.8 Å². The summed E-state index contributed by atoms with van der Waals surface area (Å²) in [6.45, 7) is 3.32. The second-order valence-electron chi connectivity index (χ2n) is 6.37. The zero-order valence-corrected chi connectivity index (χ0v) is 13.4. The number of fused-ring (bicyclic) bond motifs is 2. The smallest absolute Gasteiger partial charge is 0.141 e. The molecule has 2 fully saturated rings. The van der Waals surface area contributed by atoms with Crippen molar-refractivity contribution in [1.82, 2.24) is 5.32 Å². The van der Waals surface area contributed by atoms with E-state index in [4.69, 9.17) is 11.6 Å². The number of hydrogen-bond donors (Lipinski definition) is 1. The van der Waals surface area contributed by atoms with Gasteiger partial charge in [-0.1, -0.05) is 18.5 Å². The van der Waals surface area contributed by atoms with Crippen LogP contribution in [0.1, 0.15) is 45.4 Å². The summed E-state index contributed by atoms with van der Waals surface area (Å²) < 4.78 is 13.4. The Morgan fingerprint density at radius 3 is 2.62 bits per heavy atom. The van der Waals surface area contributed by atoms with Crippen LogP contribution >= 0.6 is 11.6 Å². The normalized spacial score (nSPS) is 28.7. The first kappa shape index (κ1) is 15.1. The molecule has 2 aliphatic heterocycles. The number of halogens is 2. The van der Waals surface area contributed by atoms with Gasteiger partial charge in [-0.2, -0.15) is 0 Å². The van der Waals surface area contributed by atoms with Gasteiger partial charge in [0.05, 0.1) is 5.02 Å². The van der Waals surface area contributed by atoms with E-state index in [9.17, 15) is 4.39 Å². The van der Waals surface area contributed by atoms with Crippen LogP contribution in [0, 0.1) is 5.82 Å². The number of benzene rings is 1. The summed E-state index contributed by atoms with van der Waals surface area (Å²) in [6.07, 6.45) is 7.33. The Balaban J connectivity index is 1.78. The predicted octanol–water partition coefficient (Wildman–Crippen LogP) is 4.37. The number of nitrogens with one attached hydrogen (secondary N) is 1. The molecular formula is C17H24ClFN2. The Hall–Kier alpha value is -0.800. The lowest BCUT2D eigenvalue weighted by atomic mass is 9.81. The van der Waals surface area contributed by atoms with Crippen LogP contribution in [0.25, 0.3) is 0 Å². The first-order chi connectivity index (χ1) is 10.2. The number of nitrogens with zero attached hydrogens (tertiary/aromatic N) is 1. The summed E-state index contributed by atoms with van der Waals surface area (Å²) in [4.78, 5) is 2.50. The van der Waals surface area contributed by atoms with Gasteiger partial charge in [0.25, 0.3) is 0 Å². The van der Waals surface area contributed by atoms with Gasteiger partial charge in [0.1, 0.15) is 5.82 Å². The maximum atomic E-state index is 13.4. The second-order valence-corrected chi connectivity index (χ2v) is 6.77. The van der Waals surface area contributed by atoms with Crippen molar-refractivity contribution >= 4 is 17.3 Å². The molecule has 0 aromatic heterocycles. The molecule has 1 aromatic rings. The van der Waals surface area contributed by atoms with Crippen LogP contribution in [0.4, 0.5) is 10.1 Å². The maximum absolute atomic E-state index is 13.4. The first-order valence-corrected chi connectivity index (χ1v) is 8.53. The number of anilines is 1. The van der Waals surface area contributed by atoms with E-state index in [0.717, 1.165) is 12.2 Å². The third-order valence-corrected chi connectivity index (χ3v) is 5.15. The van der Waals surface area contributed by atoms with E-state index < -0.39 is 0 Å². The summed E-state index contributed by atoms with van der Waals surface area (Å²) in [5, 5.41) is 3.91. The van der Waals surface area contributed by atoms with Crippen LogP contribution in [-0.4, -0.2) is 24.7 Å². The van der Waals surface area contributed by atoms with Gasteiger partial charge in [0.2, 0.25) is 0 Å². The number of piperidine rings is 2. The third-order valence-electron chi connectivity index (χ3n) is 4.86. The van der Waals surface area contributed by atoms with E-state index in [2.05, 4.69) is 17.1 Å². The van der Waals surface area contributed by atoms with Crippen LogP contribution in [0.5, 0.6) is 0 Å².